The first-order valence-corrected chi connectivity index (χ1v) is 3.62. The maximum absolute atomic E-state index is 12.1. The van der Waals surface area contributed by atoms with Gasteiger partial charge in [0.25, 0.3) is 0 Å². The lowest BCUT2D eigenvalue weighted by molar-refractivity contribution is -0.189. The quantitative estimate of drug-likeness (QED) is 0.714. The molecule has 0 aliphatic carbocycles. The molecule has 0 bridgehead atoms. The molecule has 1 atom stereocenters. The monoisotopic (exact) mass is 214 g/mol. The summed E-state index contributed by atoms with van der Waals surface area (Å²) in [4.78, 5) is 20.6. The molecule has 4 nitrogen and oxygen atoms in total. The highest BCUT2D eigenvalue weighted by Gasteiger charge is 2.42. The largest absolute Gasteiger partial charge is 0.481 e. The van der Waals surface area contributed by atoms with E-state index in [0.29, 0.717) is 0 Å². The van der Waals surface area contributed by atoms with Gasteiger partial charge in [0.15, 0.2) is 0 Å². The molecular weight excluding hydrogens is 205 g/mol. The van der Waals surface area contributed by atoms with Crippen LogP contribution in [0.2, 0.25) is 0 Å². The Bertz CT molecular complexity index is 223. The smallest absolute Gasteiger partial charge is 0.392 e. The van der Waals surface area contributed by atoms with E-state index >= 15 is 0 Å². The van der Waals surface area contributed by atoms with Crippen molar-refractivity contribution in [3.63, 3.8) is 0 Å². The van der Waals surface area contributed by atoms with E-state index in [2.05, 4.69) is 4.74 Å². The average molecular weight is 214 g/mol. The van der Waals surface area contributed by atoms with Crippen LogP contribution in [-0.4, -0.2) is 30.3 Å². The van der Waals surface area contributed by atoms with Crippen LogP contribution in [0.1, 0.15) is 12.8 Å². The number of carboxylic acids is 1. The first-order chi connectivity index (χ1) is 6.27. The lowest BCUT2D eigenvalue weighted by Gasteiger charge is -2.16. The van der Waals surface area contributed by atoms with E-state index in [1.54, 1.807) is 0 Å². The Kier molecular flexibility index (Phi) is 4.39. The SMILES string of the molecule is COC(=O)CC(CC(=O)O)C(F)(F)F. The molecule has 1 N–H and O–H groups in total. The van der Waals surface area contributed by atoms with Crippen LogP contribution in [-0.2, 0) is 14.3 Å². The predicted octanol–water partition coefficient (Wildman–Crippen LogP) is 1.20. The number of carbonyl (C=O) groups excluding carboxylic acids is 1. The van der Waals surface area contributed by atoms with Crippen molar-refractivity contribution < 1.29 is 32.6 Å². The van der Waals surface area contributed by atoms with Gasteiger partial charge in [-0.2, -0.15) is 13.2 Å². The fourth-order valence-electron chi connectivity index (χ4n) is 0.799. The molecule has 0 aromatic rings. The number of hydrogen-bond acceptors (Lipinski definition) is 3. The molecule has 1 unspecified atom stereocenters. The molecule has 0 heterocycles. The van der Waals surface area contributed by atoms with Crippen molar-refractivity contribution >= 4 is 11.9 Å². The first-order valence-electron chi connectivity index (χ1n) is 3.62. The minimum Gasteiger partial charge on any atom is -0.481 e. The number of hydrogen-bond donors (Lipinski definition) is 1. The van der Waals surface area contributed by atoms with Gasteiger partial charge in [-0.05, 0) is 0 Å². The number of methoxy groups -OCH3 is 1. The molecule has 0 amide bonds. The molecule has 0 aliphatic heterocycles. The molecule has 0 aromatic carbocycles. The zero-order valence-electron chi connectivity index (χ0n) is 7.30. The topological polar surface area (TPSA) is 63.6 Å². The van der Waals surface area contributed by atoms with Gasteiger partial charge in [0.05, 0.1) is 25.9 Å². The van der Waals surface area contributed by atoms with Gasteiger partial charge in [-0.1, -0.05) is 0 Å². The lowest BCUT2D eigenvalue weighted by atomic mass is 10.0. The highest BCUT2D eigenvalue weighted by atomic mass is 19.4. The van der Waals surface area contributed by atoms with E-state index in [9.17, 15) is 22.8 Å². The minimum atomic E-state index is -4.70. The number of esters is 1. The van der Waals surface area contributed by atoms with Crippen LogP contribution in [0.25, 0.3) is 0 Å². The highest BCUT2D eigenvalue weighted by Crippen LogP contribution is 2.31. The predicted molar refractivity (Wildman–Crippen MR) is 38.4 cm³/mol. The fourth-order valence-corrected chi connectivity index (χ4v) is 0.799. The van der Waals surface area contributed by atoms with E-state index in [-0.39, 0.29) is 0 Å². The second kappa shape index (κ2) is 4.83. The van der Waals surface area contributed by atoms with Crippen LogP contribution in [0.15, 0.2) is 0 Å². The summed E-state index contributed by atoms with van der Waals surface area (Å²) >= 11 is 0. The van der Waals surface area contributed by atoms with Crippen molar-refractivity contribution in [2.45, 2.75) is 19.0 Å². The standard InChI is InChI=1S/C7H9F3O4/c1-14-6(13)3-4(2-5(11)12)7(8,9)10/h4H,2-3H2,1H3,(H,11,12). The van der Waals surface area contributed by atoms with E-state index in [4.69, 9.17) is 5.11 Å². The number of alkyl halides is 3. The summed E-state index contributed by atoms with van der Waals surface area (Å²) in [6.45, 7) is 0. The maximum Gasteiger partial charge on any atom is 0.392 e. The van der Waals surface area contributed by atoms with Crippen molar-refractivity contribution in [1.82, 2.24) is 0 Å². The van der Waals surface area contributed by atoms with Gasteiger partial charge in [-0.15, -0.1) is 0 Å². The second-order valence-corrected chi connectivity index (χ2v) is 2.62. The van der Waals surface area contributed by atoms with Gasteiger partial charge in [0.2, 0.25) is 0 Å². The summed E-state index contributed by atoms with van der Waals surface area (Å²) < 4.78 is 40.3. The third-order valence-electron chi connectivity index (χ3n) is 1.52. The molecule has 0 fully saturated rings. The van der Waals surface area contributed by atoms with Crippen LogP contribution in [0.5, 0.6) is 0 Å². The fraction of sp³-hybridized carbons (Fsp3) is 0.714. The Morgan fingerprint density at radius 3 is 2.14 bits per heavy atom. The van der Waals surface area contributed by atoms with Crippen molar-refractivity contribution in [2.24, 2.45) is 5.92 Å². The zero-order valence-corrected chi connectivity index (χ0v) is 7.30. The summed E-state index contributed by atoms with van der Waals surface area (Å²) in [5.74, 6) is -4.86. The first kappa shape index (κ1) is 12.7. The van der Waals surface area contributed by atoms with Gasteiger partial charge in [0, 0.05) is 0 Å². The number of carboxylic acid groups (broad SMARTS) is 1. The molecule has 14 heavy (non-hydrogen) atoms. The van der Waals surface area contributed by atoms with Crippen LogP contribution in [0, 0.1) is 5.92 Å². The van der Waals surface area contributed by atoms with Gasteiger partial charge >= 0.3 is 18.1 Å². The third-order valence-corrected chi connectivity index (χ3v) is 1.52. The molecule has 0 spiro atoms. The summed E-state index contributed by atoms with van der Waals surface area (Å²) in [6.07, 6.45) is -6.79. The number of rotatable bonds is 4. The Hall–Kier alpha value is -1.27. The van der Waals surface area contributed by atoms with Gasteiger partial charge < -0.3 is 9.84 Å². The lowest BCUT2D eigenvalue weighted by Crippen LogP contribution is -2.28. The van der Waals surface area contributed by atoms with Crippen LogP contribution >= 0.6 is 0 Å². The number of halogens is 3. The number of aliphatic carboxylic acids is 1. The van der Waals surface area contributed by atoms with Crippen LogP contribution < -0.4 is 0 Å². The summed E-state index contributed by atoms with van der Waals surface area (Å²) in [5, 5.41) is 8.18. The molecule has 0 saturated heterocycles. The van der Waals surface area contributed by atoms with Gasteiger partial charge in [0.1, 0.15) is 0 Å². The Labute approximate surface area is 77.7 Å². The van der Waals surface area contributed by atoms with Crippen molar-refractivity contribution in [3.05, 3.63) is 0 Å². The Morgan fingerprint density at radius 2 is 1.86 bits per heavy atom. The third kappa shape index (κ3) is 4.68. The van der Waals surface area contributed by atoms with E-state index in [1.165, 1.54) is 0 Å². The second-order valence-electron chi connectivity index (χ2n) is 2.62. The molecule has 0 rings (SSSR count). The van der Waals surface area contributed by atoms with E-state index < -0.39 is 36.9 Å². The van der Waals surface area contributed by atoms with Gasteiger partial charge in [-0.3, -0.25) is 9.59 Å². The molecule has 82 valence electrons. The summed E-state index contributed by atoms with van der Waals surface area (Å²) in [6, 6.07) is 0. The highest BCUT2D eigenvalue weighted by molar-refractivity contribution is 5.72. The average Bonchev–Trinajstić information content (AvgIpc) is 2.00. The van der Waals surface area contributed by atoms with Crippen LogP contribution in [0.4, 0.5) is 13.2 Å². The van der Waals surface area contributed by atoms with E-state index in [1.807, 2.05) is 0 Å². The van der Waals surface area contributed by atoms with Crippen molar-refractivity contribution in [1.29, 1.82) is 0 Å². The Morgan fingerprint density at radius 1 is 1.36 bits per heavy atom. The maximum atomic E-state index is 12.1. The minimum absolute atomic E-state index is 0.941. The molecule has 0 aromatic heterocycles. The molecule has 7 heteroatoms. The van der Waals surface area contributed by atoms with Crippen molar-refractivity contribution in [2.75, 3.05) is 7.11 Å². The van der Waals surface area contributed by atoms with Crippen LogP contribution in [0.3, 0.4) is 0 Å². The summed E-state index contributed by atoms with van der Waals surface area (Å²) in [7, 11) is 0.941. The molecule has 0 radical (unpaired) electrons. The zero-order chi connectivity index (χ0) is 11.4. The van der Waals surface area contributed by atoms with E-state index in [0.717, 1.165) is 7.11 Å². The van der Waals surface area contributed by atoms with Gasteiger partial charge in [-0.25, -0.2) is 0 Å². The molecule has 0 aliphatic rings. The molecule has 0 saturated carbocycles. The molecular formula is C7H9F3O4. The normalized spacial score (nSPS) is 13.4. The Balaban J connectivity index is 4.41. The number of ether oxygens (including phenoxy) is 1. The number of carbonyl (C=O) groups is 2. The summed E-state index contributed by atoms with van der Waals surface area (Å²) in [5.41, 5.74) is 0. The van der Waals surface area contributed by atoms with Crippen molar-refractivity contribution in [3.8, 4) is 0 Å².